The van der Waals surface area contributed by atoms with Gasteiger partial charge in [0.1, 0.15) is 6.54 Å². The molecule has 5 heteroatoms. The summed E-state index contributed by atoms with van der Waals surface area (Å²) in [6, 6.07) is 1.78. The summed E-state index contributed by atoms with van der Waals surface area (Å²) in [5.41, 5.74) is 7.12. The molecule has 1 rings (SSSR count). The minimum Gasteiger partial charge on any atom is -0.468 e. The number of nitrogen functional groups attached to an aromatic ring is 1. The summed E-state index contributed by atoms with van der Waals surface area (Å²) < 4.78 is 4.61. The maximum absolute atomic E-state index is 11.1. The minimum atomic E-state index is -0.284. The number of carbonyl (C=O) groups excluding carboxylic acids is 1. The third-order valence-electron chi connectivity index (χ3n) is 2.10. The van der Waals surface area contributed by atoms with Crippen molar-refractivity contribution in [3.05, 3.63) is 18.5 Å². The largest absolute Gasteiger partial charge is 0.468 e. The molecule has 0 amide bonds. The van der Waals surface area contributed by atoms with E-state index in [2.05, 4.69) is 9.72 Å². The third kappa shape index (κ3) is 2.83. The SMILES string of the molecule is CCN(CC(=O)OC)c1ccncc1N. The van der Waals surface area contributed by atoms with Crippen molar-refractivity contribution in [2.24, 2.45) is 0 Å². The normalized spacial score (nSPS) is 9.73. The number of esters is 1. The molecule has 0 bridgehead atoms. The highest BCUT2D eigenvalue weighted by molar-refractivity contribution is 5.78. The van der Waals surface area contributed by atoms with Crippen molar-refractivity contribution in [3.8, 4) is 0 Å². The first-order chi connectivity index (χ1) is 7.19. The molecule has 0 fully saturated rings. The Labute approximate surface area is 88.9 Å². The number of carbonyl (C=O) groups is 1. The van der Waals surface area contributed by atoms with Crippen molar-refractivity contribution in [1.82, 2.24) is 4.98 Å². The van der Waals surface area contributed by atoms with Crippen LogP contribution in [0.25, 0.3) is 0 Å². The number of aromatic nitrogens is 1. The number of rotatable bonds is 4. The maximum atomic E-state index is 11.1. The van der Waals surface area contributed by atoms with Gasteiger partial charge in [0.2, 0.25) is 0 Å². The molecule has 0 saturated carbocycles. The van der Waals surface area contributed by atoms with Gasteiger partial charge < -0.3 is 15.4 Å². The standard InChI is InChI=1S/C10H15N3O2/c1-3-13(7-10(14)15-2)9-4-5-12-6-8(9)11/h4-6H,3,7,11H2,1-2H3. The van der Waals surface area contributed by atoms with Crippen molar-refractivity contribution in [3.63, 3.8) is 0 Å². The predicted octanol–water partition coefficient (Wildman–Crippen LogP) is 0.663. The summed E-state index contributed by atoms with van der Waals surface area (Å²) >= 11 is 0. The molecule has 5 nitrogen and oxygen atoms in total. The van der Waals surface area contributed by atoms with Gasteiger partial charge in [-0.3, -0.25) is 9.78 Å². The van der Waals surface area contributed by atoms with E-state index < -0.39 is 0 Å². The predicted molar refractivity (Wildman–Crippen MR) is 58.6 cm³/mol. The van der Waals surface area contributed by atoms with E-state index >= 15 is 0 Å². The van der Waals surface area contributed by atoms with Crippen LogP contribution in [0.3, 0.4) is 0 Å². The van der Waals surface area contributed by atoms with Gasteiger partial charge in [-0.2, -0.15) is 0 Å². The highest BCUT2D eigenvalue weighted by Crippen LogP contribution is 2.20. The monoisotopic (exact) mass is 209 g/mol. The number of hydrogen-bond acceptors (Lipinski definition) is 5. The second-order valence-electron chi connectivity index (χ2n) is 3.02. The minimum absolute atomic E-state index is 0.196. The fourth-order valence-corrected chi connectivity index (χ4v) is 1.28. The van der Waals surface area contributed by atoms with Crippen LogP contribution in [0.1, 0.15) is 6.92 Å². The molecular weight excluding hydrogens is 194 g/mol. The molecular formula is C10H15N3O2. The van der Waals surface area contributed by atoms with E-state index in [0.29, 0.717) is 12.2 Å². The van der Waals surface area contributed by atoms with Crippen molar-refractivity contribution < 1.29 is 9.53 Å². The summed E-state index contributed by atoms with van der Waals surface area (Å²) in [4.78, 5) is 16.9. The smallest absolute Gasteiger partial charge is 0.325 e. The molecule has 0 radical (unpaired) electrons. The van der Waals surface area contributed by atoms with Crippen molar-refractivity contribution in [2.75, 3.05) is 30.8 Å². The molecule has 0 aliphatic rings. The first-order valence-electron chi connectivity index (χ1n) is 4.70. The molecule has 0 saturated heterocycles. The Morgan fingerprint density at radius 2 is 2.40 bits per heavy atom. The second-order valence-corrected chi connectivity index (χ2v) is 3.02. The van der Waals surface area contributed by atoms with Gasteiger partial charge in [0.25, 0.3) is 0 Å². The van der Waals surface area contributed by atoms with Crippen molar-refractivity contribution in [1.29, 1.82) is 0 Å². The Kier molecular flexibility index (Phi) is 3.91. The molecule has 1 aromatic heterocycles. The first-order valence-corrected chi connectivity index (χ1v) is 4.70. The van der Waals surface area contributed by atoms with Crippen LogP contribution < -0.4 is 10.6 Å². The second kappa shape index (κ2) is 5.19. The van der Waals surface area contributed by atoms with Gasteiger partial charge in [0.15, 0.2) is 0 Å². The highest BCUT2D eigenvalue weighted by atomic mass is 16.5. The first kappa shape index (κ1) is 11.3. The van der Waals surface area contributed by atoms with Crippen LogP contribution in [-0.4, -0.2) is 31.2 Å². The van der Waals surface area contributed by atoms with E-state index in [0.717, 1.165) is 5.69 Å². The molecule has 0 unspecified atom stereocenters. The zero-order chi connectivity index (χ0) is 11.3. The number of anilines is 2. The zero-order valence-electron chi connectivity index (χ0n) is 8.93. The lowest BCUT2D eigenvalue weighted by Gasteiger charge is -2.22. The Morgan fingerprint density at radius 1 is 1.67 bits per heavy atom. The number of hydrogen-bond donors (Lipinski definition) is 1. The molecule has 0 spiro atoms. The van der Waals surface area contributed by atoms with Gasteiger partial charge in [-0.1, -0.05) is 0 Å². The van der Waals surface area contributed by atoms with Crippen LogP contribution in [0.2, 0.25) is 0 Å². The molecule has 15 heavy (non-hydrogen) atoms. The summed E-state index contributed by atoms with van der Waals surface area (Å²) in [5, 5.41) is 0. The average molecular weight is 209 g/mol. The van der Waals surface area contributed by atoms with E-state index in [9.17, 15) is 4.79 Å². The van der Waals surface area contributed by atoms with E-state index in [1.54, 1.807) is 18.5 Å². The van der Waals surface area contributed by atoms with Crippen LogP contribution in [-0.2, 0) is 9.53 Å². The van der Waals surface area contributed by atoms with Crippen LogP contribution in [0.4, 0.5) is 11.4 Å². The summed E-state index contributed by atoms with van der Waals surface area (Å²) in [6.45, 7) is 2.83. The number of methoxy groups -OCH3 is 1. The van der Waals surface area contributed by atoms with Crippen molar-refractivity contribution in [2.45, 2.75) is 6.92 Å². The van der Waals surface area contributed by atoms with Gasteiger partial charge in [-0.05, 0) is 13.0 Å². The van der Waals surface area contributed by atoms with E-state index in [-0.39, 0.29) is 12.5 Å². The van der Waals surface area contributed by atoms with Gasteiger partial charge >= 0.3 is 5.97 Å². The number of nitrogens with zero attached hydrogens (tertiary/aromatic N) is 2. The van der Waals surface area contributed by atoms with Crippen LogP contribution >= 0.6 is 0 Å². The lowest BCUT2D eigenvalue weighted by molar-refractivity contribution is -0.138. The van der Waals surface area contributed by atoms with Crippen LogP contribution in [0.15, 0.2) is 18.5 Å². The van der Waals surface area contributed by atoms with Gasteiger partial charge in [-0.15, -0.1) is 0 Å². The maximum Gasteiger partial charge on any atom is 0.325 e. The fraction of sp³-hybridized carbons (Fsp3) is 0.400. The molecule has 82 valence electrons. The molecule has 2 N–H and O–H groups in total. The summed E-state index contributed by atoms with van der Waals surface area (Å²) in [6.07, 6.45) is 3.21. The van der Waals surface area contributed by atoms with E-state index in [4.69, 9.17) is 5.73 Å². The lowest BCUT2D eigenvalue weighted by atomic mass is 10.3. The Morgan fingerprint density at radius 3 is 2.93 bits per heavy atom. The number of pyridine rings is 1. The summed E-state index contributed by atoms with van der Waals surface area (Å²) in [5.74, 6) is -0.284. The quantitative estimate of drug-likeness (QED) is 0.738. The molecule has 1 heterocycles. The Hall–Kier alpha value is -1.78. The Balaban J connectivity index is 2.83. The molecule has 0 aromatic carbocycles. The zero-order valence-corrected chi connectivity index (χ0v) is 8.93. The van der Waals surface area contributed by atoms with Crippen molar-refractivity contribution >= 4 is 17.3 Å². The van der Waals surface area contributed by atoms with Crippen LogP contribution in [0.5, 0.6) is 0 Å². The lowest BCUT2D eigenvalue weighted by Crippen LogP contribution is -2.30. The van der Waals surface area contributed by atoms with Gasteiger partial charge in [-0.25, -0.2) is 0 Å². The molecule has 0 aliphatic carbocycles. The van der Waals surface area contributed by atoms with E-state index in [1.165, 1.54) is 7.11 Å². The fourth-order valence-electron chi connectivity index (χ4n) is 1.28. The number of likely N-dealkylation sites (N-methyl/N-ethyl adjacent to an activating group) is 1. The molecule has 1 aromatic rings. The Bertz CT molecular complexity index is 341. The average Bonchev–Trinajstić information content (AvgIpc) is 2.26. The number of nitrogens with two attached hydrogens (primary N) is 1. The molecule has 0 aliphatic heterocycles. The summed E-state index contributed by atoms with van der Waals surface area (Å²) in [7, 11) is 1.37. The van der Waals surface area contributed by atoms with E-state index in [1.807, 2.05) is 11.8 Å². The third-order valence-corrected chi connectivity index (χ3v) is 2.10. The van der Waals surface area contributed by atoms with Gasteiger partial charge in [0.05, 0.1) is 24.7 Å². The molecule has 0 atom stereocenters. The number of ether oxygens (including phenoxy) is 1. The topological polar surface area (TPSA) is 68.5 Å². The highest BCUT2D eigenvalue weighted by Gasteiger charge is 2.11. The van der Waals surface area contributed by atoms with Gasteiger partial charge in [0, 0.05) is 12.7 Å². The van der Waals surface area contributed by atoms with Crippen LogP contribution in [0, 0.1) is 0 Å².